The van der Waals surface area contributed by atoms with E-state index in [1.54, 1.807) is 23.1 Å². The number of rotatable bonds is 2. The number of aromatic nitrogens is 1. The predicted octanol–water partition coefficient (Wildman–Crippen LogP) is 6.63. The van der Waals surface area contributed by atoms with Crippen LogP contribution in [-0.2, 0) is 0 Å². The summed E-state index contributed by atoms with van der Waals surface area (Å²) >= 11 is 3.34. The van der Waals surface area contributed by atoms with Crippen molar-refractivity contribution in [3.63, 3.8) is 0 Å². The van der Waals surface area contributed by atoms with Crippen LogP contribution in [0.2, 0.25) is 0 Å². The van der Waals surface area contributed by atoms with Crippen LogP contribution in [-0.4, -0.2) is 4.98 Å². The van der Waals surface area contributed by atoms with Crippen molar-refractivity contribution in [1.29, 1.82) is 5.26 Å². The zero-order chi connectivity index (χ0) is 17.5. The van der Waals surface area contributed by atoms with Gasteiger partial charge in [0.2, 0.25) is 0 Å². The summed E-state index contributed by atoms with van der Waals surface area (Å²) in [5.41, 5.74) is 1.59. The molecule has 0 N–H and O–H groups in total. The van der Waals surface area contributed by atoms with Gasteiger partial charge in [0.05, 0.1) is 11.1 Å². The van der Waals surface area contributed by atoms with Gasteiger partial charge in [0, 0.05) is 30.6 Å². The Hall–Kier alpha value is -2.87. The van der Waals surface area contributed by atoms with Gasteiger partial charge in [-0.1, -0.05) is 48.2 Å². The summed E-state index contributed by atoms with van der Waals surface area (Å²) in [7, 11) is 0. The lowest BCUT2D eigenvalue weighted by molar-refractivity contribution is 1.41. The molecule has 26 heavy (non-hydrogen) atoms. The lowest BCUT2D eigenvalue weighted by atomic mass is 10.0. The van der Waals surface area contributed by atoms with Crippen LogP contribution in [0.5, 0.6) is 0 Å². The Morgan fingerprint density at radius 3 is 2.50 bits per heavy atom. The molecular weight excluding hydrogens is 356 g/mol. The van der Waals surface area contributed by atoms with Crippen LogP contribution in [0.3, 0.4) is 0 Å². The summed E-state index contributed by atoms with van der Waals surface area (Å²) in [4.78, 5) is 8.05. The van der Waals surface area contributed by atoms with Gasteiger partial charge in [-0.2, -0.15) is 5.26 Å². The van der Waals surface area contributed by atoms with Crippen molar-refractivity contribution >= 4 is 54.3 Å². The maximum Gasteiger partial charge on any atom is 0.126 e. The van der Waals surface area contributed by atoms with E-state index in [2.05, 4.69) is 42.5 Å². The molecule has 0 spiro atoms. The molecule has 0 fully saturated rings. The van der Waals surface area contributed by atoms with Gasteiger partial charge in [-0.3, -0.25) is 0 Å². The van der Waals surface area contributed by atoms with Crippen LogP contribution < -0.4 is 0 Å². The number of nitriles is 1. The highest BCUT2D eigenvalue weighted by atomic mass is 32.2. The molecule has 122 valence electrons. The van der Waals surface area contributed by atoms with E-state index < -0.39 is 0 Å². The van der Waals surface area contributed by atoms with Crippen LogP contribution in [0, 0.1) is 11.3 Å². The largest absolute Gasteiger partial charge is 0.237 e. The second kappa shape index (κ2) is 6.14. The third-order valence-corrected chi connectivity index (χ3v) is 6.44. The number of fused-ring (bicyclic) bond motifs is 4. The summed E-state index contributed by atoms with van der Waals surface area (Å²) in [5, 5.41) is 12.9. The molecule has 0 atom stereocenters. The number of pyridine rings is 1. The first-order valence-corrected chi connectivity index (χ1v) is 9.85. The number of benzene rings is 3. The van der Waals surface area contributed by atoms with Gasteiger partial charge in [-0.15, -0.1) is 11.3 Å². The Balaban J connectivity index is 1.78. The fraction of sp³-hybridized carbons (Fsp3) is 0. The minimum absolute atomic E-state index is 0.720. The second-order valence-electron chi connectivity index (χ2n) is 5.97. The van der Waals surface area contributed by atoms with E-state index in [1.165, 1.54) is 9.60 Å². The smallest absolute Gasteiger partial charge is 0.126 e. The van der Waals surface area contributed by atoms with Crippen LogP contribution in [0.4, 0.5) is 0 Å². The highest BCUT2D eigenvalue weighted by Crippen LogP contribution is 2.39. The predicted molar refractivity (Wildman–Crippen MR) is 110 cm³/mol. The van der Waals surface area contributed by atoms with E-state index in [0.717, 1.165) is 37.0 Å². The molecule has 5 aromatic rings. The fourth-order valence-electron chi connectivity index (χ4n) is 3.21. The molecule has 2 aromatic heterocycles. The number of hydrogen-bond acceptors (Lipinski definition) is 4. The van der Waals surface area contributed by atoms with Crippen molar-refractivity contribution in [3.05, 3.63) is 78.4 Å². The molecule has 2 nitrogen and oxygen atoms in total. The molecular formula is C22H12N2S2. The molecule has 0 unspecified atom stereocenters. The topological polar surface area (TPSA) is 36.7 Å². The molecule has 0 radical (unpaired) electrons. The van der Waals surface area contributed by atoms with Crippen LogP contribution in [0.15, 0.2) is 82.6 Å². The van der Waals surface area contributed by atoms with Crippen molar-refractivity contribution < 1.29 is 0 Å². The van der Waals surface area contributed by atoms with Crippen molar-refractivity contribution in [3.8, 4) is 6.07 Å². The zero-order valence-corrected chi connectivity index (χ0v) is 15.3. The SMILES string of the molecule is N#Cc1c2cc(Sc3ccccc3)ccc2nc2sc3ccccc3c12. The zero-order valence-electron chi connectivity index (χ0n) is 13.6. The summed E-state index contributed by atoms with van der Waals surface area (Å²) in [6.07, 6.45) is 0. The Kier molecular flexibility index (Phi) is 3.63. The van der Waals surface area contributed by atoms with Crippen LogP contribution in [0.1, 0.15) is 5.56 Å². The van der Waals surface area contributed by atoms with Gasteiger partial charge < -0.3 is 0 Å². The summed E-state index contributed by atoms with van der Waals surface area (Å²) in [6.45, 7) is 0. The lowest BCUT2D eigenvalue weighted by Gasteiger charge is -2.06. The standard InChI is InChI=1S/C22H12N2S2/c23-13-18-17-12-15(25-14-6-2-1-3-7-14)10-11-19(17)24-22-21(18)16-8-4-5-9-20(16)26-22/h1-12H. The average Bonchev–Trinajstić information content (AvgIpc) is 3.05. The van der Waals surface area contributed by atoms with E-state index in [4.69, 9.17) is 4.98 Å². The van der Waals surface area contributed by atoms with Gasteiger partial charge in [-0.05, 0) is 36.4 Å². The van der Waals surface area contributed by atoms with E-state index in [-0.39, 0.29) is 0 Å². The van der Waals surface area contributed by atoms with E-state index >= 15 is 0 Å². The lowest BCUT2D eigenvalue weighted by Crippen LogP contribution is -1.87. The third kappa shape index (κ3) is 2.45. The molecule has 0 aliphatic rings. The molecule has 3 aromatic carbocycles. The third-order valence-electron chi connectivity index (χ3n) is 4.38. The fourth-order valence-corrected chi connectivity index (χ4v) is 5.19. The van der Waals surface area contributed by atoms with Crippen molar-refractivity contribution in [2.75, 3.05) is 0 Å². The molecule has 0 amide bonds. The normalized spacial score (nSPS) is 11.2. The summed E-state index contributed by atoms with van der Waals surface area (Å²) in [5.74, 6) is 0. The van der Waals surface area contributed by atoms with Crippen molar-refractivity contribution in [2.45, 2.75) is 9.79 Å². The number of thiophene rings is 1. The van der Waals surface area contributed by atoms with Gasteiger partial charge >= 0.3 is 0 Å². The van der Waals surface area contributed by atoms with Crippen molar-refractivity contribution in [2.24, 2.45) is 0 Å². The summed E-state index contributed by atoms with van der Waals surface area (Å²) in [6, 6.07) is 27.1. The first-order chi connectivity index (χ1) is 12.8. The monoisotopic (exact) mass is 368 g/mol. The molecule has 0 aliphatic heterocycles. The van der Waals surface area contributed by atoms with Gasteiger partial charge in [0.1, 0.15) is 10.9 Å². The quantitative estimate of drug-likeness (QED) is 0.351. The Labute approximate surface area is 158 Å². The Morgan fingerprint density at radius 1 is 0.846 bits per heavy atom. The van der Waals surface area contributed by atoms with Gasteiger partial charge in [0.15, 0.2) is 0 Å². The molecule has 4 heteroatoms. The van der Waals surface area contributed by atoms with Crippen molar-refractivity contribution in [1.82, 2.24) is 4.98 Å². The molecule has 0 aliphatic carbocycles. The minimum Gasteiger partial charge on any atom is -0.237 e. The molecule has 2 heterocycles. The van der Waals surface area contributed by atoms with Gasteiger partial charge in [0.25, 0.3) is 0 Å². The Bertz CT molecular complexity index is 1310. The highest BCUT2D eigenvalue weighted by Gasteiger charge is 2.15. The minimum atomic E-state index is 0.720. The molecule has 0 saturated carbocycles. The van der Waals surface area contributed by atoms with E-state index in [0.29, 0.717) is 0 Å². The maximum atomic E-state index is 9.91. The number of nitrogens with zero attached hydrogens (tertiary/aromatic N) is 2. The Morgan fingerprint density at radius 2 is 1.65 bits per heavy atom. The first kappa shape index (κ1) is 15.4. The number of hydrogen-bond donors (Lipinski definition) is 0. The van der Waals surface area contributed by atoms with Gasteiger partial charge in [-0.25, -0.2) is 4.98 Å². The molecule has 0 saturated heterocycles. The average molecular weight is 368 g/mol. The molecule has 5 rings (SSSR count). The van der Waals surface area contributed by atoms with E-state index in [1.807, 2.05) is 36.4 Å². The van der Waals surface area contributed by atoms with Crippen LogP contribution in [0.25, 0.3) is 31.2 Å². The first-order valence-electron chi connectivity index (χ1n) is 8.21. The highest BCUT2D eigenvalue weighted by molar-refractivity contribution is 7.99. The van der Waals surface area contributed by atoms with E-state index in [9.17, 15) is 5.26 Å². The summed E-state index contributed by atoms with van der Waals surface area (Å²) < 4.78 is 1.17. The maximum absolute atomic E-state index is 9.91. The second-order valence-corrected chi connectivity index (χ2v) is 8.15. The molecule has 0 bridgehead atoms. The van der Waals surface area contributed by atoms with Crippen LogP contribution >= 0.6 is 23.1 Å².